The molecule has 0 amide bonds. The normalized spacial score (nSPS) is 25.1. The summed E-state index contributed by atoms with van der Waals surface area (Å²) in [7, 11) is -5.81. The van der Waals surface area contributed by atoms with Gasteiger partial charge in [0.2, 0.25) is 0 Å². The molecule has 2 aliphatic heterocycles. The average Bonchev–Trinajstić information content (AvgIpc) is 0.753. The van der Waals surface area contributed by atoms with E-state index in [0.29, 0.717) is 38.0 Å². The molecule has 119 heavy (non-hydrogen) atoms. The second-order valence-electron chi connectivity index (χ2n) is 34.9. The first-order chi connectivity index (χ1) is 57.6. The Hall–Kier alpha value is -2.79. The summed E-state index contributed by atoms with van der Waals surface area (Å²) in [6, 6.07) is 0. The van der Waals surface area contributed by atoms with Crippen LogP contribution in [0.15, 0.2) is 12.2 Å². The van der Waals surface area contributed by atoms with Gasteiger partial charge in [0.15, 0.2) is 24.8 Å². The van der Waals surface area contributed by atoms with Crippen LogP contribution in [0, 0.1) is 5.92 Å². The van der Waals surface area contributed by atoms with Crippen LogP contribution in [0.2, 0.25) is 0 Å². The van der Waals surface area contributed by atoms with E-state index in [2.05, 4.69) is 46.8 Å². The number of esters is 4. The molecule has 2 heterocycles. The molecule has 0 aromatic carbocycles. The highest BCUT2D eigenvalue weighted by Gasteiger charge is 2.60. The van der Waals surface area contributed by atoms with Gasteiger partial charge < -0.3 is 88.7 Å². The van der Waals surface area contributed by atoms with E-state index in [9.17, 15) is 74.6 Å². The number of rotatable bonds is 78. The molecule has 3 fully saturated rings. The maximum absolute atomic E-state index is 14.9. The van der Waals surface area contributed by atoms with Crippen LogP contribution in [0.25, 0.3) is 0 Å². The van der Waals surface area contributed by atoms with Crippen molar-refractivity contribution in [1.82, 2.24) is 0 Å². The topological polar surface area (TPSA) is 380 Å². The summed E-state index contributed by atoms with van der Waals surface area (Å²) in [4.78, 5) is 66.6. The molecule has 1 aliphatic carbocycles. The summed E-state index contributed by atoms with van der Waals surface area (Å²) in [6.45, 7) is 7.91. The zero-order valence-electron chi connectivity index (χ0n) is 74.8. The molecular weight excluding hydrogens is 1550 g/mol. The SMILES string of the molecule is CCCCCC/C=C\CCCCCCCCCC(=O)OCC1OC(OC2C(OC(=O)CCCCCCCCC(C)CCCCCCCC)C(O)C(O)C(OC3OC(CO)C(O)C(O)C3O)C2OP(=O)(O)OCC(COC(=O)CCCCCCCCCCCCCCCCCC)OC(=O)CCCCCCCCCCCCCCC)C(O)C(O)C1O. The first-order valence-corrected chi connectivity index (χ1v) is 49.8. The van der Waals surface area contributed by atoms with E-state index in [1.54, 1.807) is 0 Å². The van der Waals surface area contributed by atoms with Crippen molar-refractivity contribution in [3.05, 3.63) is 12.2 Å². The van der Waals surface area contributed by atoms with Crippen molar-refractivity contribution < 1.29 is 122 Å². The van der Waals surface area contributed by atoms with Crippen LogP contribution in [0.5, 0.6) is 0 Å². The summed E-state index contributed by atoms with van der Waals surface area (Å²) in [5.41, 5.74) is 0. The second kappa shape index (κ2) is 71.3. The van der Waals surface area contributed by atoms with E-state index in [1.165, 1.54) is 180 Å². The van der Waals surface area contributed by atoms with Crippen LogP contribution in [0.1, 0.15) is 420 Å². The fraction of sp³-hybridized carbons (Fsp3) is 0.935. The van der Waals surface area contributed by atoms with Gasteiger partial charge in [-0.05, 0) is 57.3 Å². The Balaban J connectivity index is 1.91. The lowest BCUT2D eigenvalue weighted by atomic mass is 9.84. The number of hydrogen-bond acceptors (Lipinski definition) is 24. The third-order valence-electron chi connectivity index (χ3n) is 23.9. The lowest BCUT2D eigenvalue weighted by Gasteiger charge is -2.50. The van der Waals surface area contributed by atoms with Crippen molar-refractivity contribution in [2.75, 3.05) is 26.4 Å². The largest absolute Gasteiger partial charge is 0.472 e. The van der Waals surface area contributed by atoms with Gasteiger partial charge in [-0.3, -0.25) is 28.2 Å². The minimum Gasteiger partial charge on any atom is -0.463 e. The van der Waals surface area contributed by atoms with Gasteiger partial charge in [-0.1, -0.05) is 355 Å². The molecule has 25 nitrogen and oxygen atoms in total. The molecule has 2 saturated heterocycles. The zero-order valence-corrected chi connectivity index (χ0v) is 75.7. The van der Waals surface area contributed by atoms with Crippen molar-refractivity contribution in [3.8, 4) is 0 Å². The number of aliphatic hydroxyl groups excluding tert-OH is 9. The molecule has 3 aliphatic rings. The molecule has 19 unspecified atom stereocenters. The van der Waals surface area contributed by atoms with E-state index >= 15 is 0 Å². The minimum atomic E-state index is -5.81. The van der Waals surface area contributed by atoms with E-state index in [0.717, 1.165) is 148 Å². The number of carbonyl (C=O) groups excluding carboxylic acids is 4. The number of allylic oxidation sites excluding steroid dienone is 2. The molecule has 0 bridgehead atoms. The molecule has 0 radical (unpaired) electrons. The summed E-state index contributed by atoms with van der Waals surface area (Å²) < 4.78 is 73.6. The second-order valence-corrected chi connectivity index (χ2v) is 36.3. The highest BCUT2D eigenvalue weighted by atomic mass is 31.2. The Labute approximate surface area is 718 Å². The van der Waals surface area contributed by atoms with Crippen LogP contribution in [-0.4, -0.2) is 205 Å². The Morgan fingerprint density at radius 2 is 0.681 bits per heavy atom. The molecule has 10 N–H and O–H groups in total. The van der Waals surface area contributed by atoms with Crippen molar-refractivity contribution >= 4 is 31.7 Å². The average molecular weight is 1720 g/mol. The van der Waals surface area contributed by atoms with Gasteiger partial charge >= 0.3 is 31.7 Å². The van der Waals surface area contributed by atoms with Gasteiger partial charge in [-0.25, -0.2) is 4.57 Å². The van der Waals surface area contributed by atoms with E-state index in [1.807, 2.05) is 0 Å². The monoisotopic (exact) mass is 1720 g/mol. The minimum absolute atomic E-state index is 0.0106. The molecule has 1 saturated carbocycles. The van der Waals surface area contributed by atoms with E-state index in [-0.39, 0.29) is 25.7 Å². The molecular formula is C93H173O25P. The fourth-order valence-electron chi connectivity index (χ4n) is 16.1. The number of aliphatic hydroxyl groups is 9. The highest BCUT2D eigenvalue weighted by molar-refractivity contribution is 7.47. The van der Waals surface area contributed by atoms with Crippen molar-refractivity contribution in [2.45, 2.75) is 524 Å². The molecule has 0 spiro atoms. The lowest BCUT2D eigenvalue weighted by Crippen LogP contribution is -2.70. The van der Waals surface area contributed by atoms with Crippen LogP contribution in [0.4, 0.5) is 0 Å². The Bertz CT molecular complexity index is 2530. The Kier molecular flexibility index (Phi) is 66.1. The smallest absolute Gasteiger partial charge is 0.463 e. The molecule has 0 aromatic rings. The van der Waals surface area contributed by atoms with Crippen LogP contribution < -0.4 is 0 Å². The predicted octanol–water partition coefficient (Wildman–Crippen LogP) is 18.2. The summed E-state index contributed by atoms with van der Waals surface area (Å²) in [5.74, 6) is -2.33. The highest BCUT2D eigenvalue weighted by Crippen LogP contribution is 2.49. The van der Waals surface area contributed by atoms with Crippen LogP contribution in [0.3, 0.4) is 0 Å². The molecule has 700 valence electrons. The fourth-order valence-corrected chi connectivity index (χ4v) is 17.1. The van der Waals surface area contributed by atoms with Crippen molar-refractivity contribution in [1.29, 1.82) is 0 Å². The molecule has 26 heteroatoms. The first kappa shape index (κ1) is 110. The maximum Gasteiger partial charge on any atom is 0.472 e. The summed E-state index contributed by atoms with van der Waals surface area (Å²) in [6.07, 6.45) is 29.1. The zero-order chi connectivity index (χ0) is 86.9. The molecule has 19 atom stereocenters. The third kappa shape index (κ3) is 51.6. The third-order valence-corrected chi connectivity index (χ3v) is 24.9. The van der Waals surface area contributed by atoms with Gasteiger partial charge in [0.05, 0.1) is 13.2 Å². The number of carbonyl (C=O) groups is 4. The molecule has 0 aromatic heterocycles. The van der Waals surface area contributed by atoms with Crippen molar-refractivity contribution in [3.63, 3.8) is 0 Å². The van der Waals surface area contributed by atoms with Gasteiger partial charge in [0.25, 0.3) is 0 Å². The quantitative estimate of drug-likeness (QED) is 0.00889. The Morgan fingerprint density at radius 3 is 1.09 bits per heavy atom. The van der Waals surface area contributed by atoms with E-state index in [4.69, 9.17) is 46.9 Å². The van der Waals surface area contributed by atoms with Gasteiger partial charge in [-0.15, -0.1) is 0 Å². The Morgan fingerprint density at radius 1 is 0.353 bits per heavy atom. The summed E-state index contributed by atoms with van der Waals surface area (Å²) >= 11 is 0. The van der Waals surface area contributed by atoms with E-state index < -0.39 is 162 Å². The number of phosphoric ester groups is 1. The number of hydrogen-bond donors (Lipinski definition) is 10. The predicted molar refractivity (Wildman–Crippen MR) is 463 cm³/mol. The van der Waals surface area contributed by atoms with Crippen LogP contribution >= 0.6 is 7.82 Å². The van der Waals surface area contributed by atoms with Crippen molar-refractivity contribution in [2.24, 2.45) is 5.92 Å². The molecule has 3 rings (SSSR count). The number of unbranched alkanes of at least 4 members (excludes halogenated alkanes) is 48. The lowest BCUT2D eigenvalue weighted by molar-refractivity contribution is -0.360. The number of ether oxygens (including phenoxy) is 8. The summed E-state index contributed by atoms with van der Waals surface area (Å²) in [5, 5.41) is 102. The first-order valence-electron chi connectivity index (χ1n) is 48.3. The van der Waals surface area contributed by atoms with Gasteiger partial charge in [-0.2, -0.15) is 0 Å². The van der Waals surface area contributed by atoms with Gasteiger partial charge in [0.1, 0.15) is 92.6 Å². The van der Waals surface area contributed by atoms with Gasteiger partial charge in [0, 0.05) is 25.7 Å². The maximum atomic E-state index is 14.9. The number of phosphoric acid groups is 1. The van der Waals surface area contributed by atoms with Crippen LogP contribution in [-0.2, 0) is 70.7 Å². The standard InChI is InChI=1S/C93H173O25P/c1-6-10-14-18-22-25-28-31-33-35-38-39-42-45-52-58-64-76(95)109-69-73(112-78(97)66-60-54-47-44-41-36-30-27-24-20-16-12-8-3)70-111-119(107,108)118-91-89(116-92-86(105)82(101)80(99)74(68-94)113-92)85(104)84(103)88(115-79(98)67-61-55-49-48-51-57-63-72(5)62-56-50-21-17-13-9-4)90(91)117-93-87(106)83(102)81(100)75(114-93)71-110-77(96)65-59-53-46-43-40-37-34-32-29-26-23-19-15-11-7-2/h26,29,72-75,80-94,99-106H,6-25,27-28,30-71H2,1-5H3,(H,107,108)/b29-26-.